The smallest absolute Gasteiger partial charge is 0.322 e. The number of rotatable bonds is 4. The molecule has 0 aliphatic carbocycles. The average Bonchev–Trinajstić information content (AvgIpc) is 2.29. The first kappa shape index (κ1) is 13.2. The van der Waals surface area contributed by atoms with E-state index in [4.69, 9.17) is 9.47 Å². The summed E-state index contributed by atoms with van der Waals surface area (Å²) >= 11 is 0. The predicted molar refractivity (Wildman–Crippen MR) is 59.0 cm³/mol. The summed E-state index contributed by atoms with van der Waals surface area (Å²) in [6, 6.07) is 0. The second-order valence-corrected chi connectivity index (χ2v) is 4.23. The van der Waals surface area contributed by atoms with Gasteiger partial charge >= 0.3 is 5.97 Å². The van der Waals surface area contributed by atoms with Crippen LogP contribution >= 0.6 is 0 Å². The molecule has 92 valence electrons. The van der Waals surface area contributed by atoms with E-state index >= 15 is 0 Å². The number of hydrogen-bond acceptors (Lipinski definition) is 4. The number of carbonyl (C=O) groups is 2. The molecule has 1 heterocycles. The SMILES string of the molecule is CCOC(=O)C1(C(C)CC)COCCC1=O. The molecule has 0 aromatic rings. The summed E-state index contributed by atoms with van der Waals surface area (Å²) in [5.74, 6) is -0.500. The molecule has 2 unspecified atom stereocenters. The summed E-state index contributed by atoms with van der Waals surface area (Å²) in [7, 11) is 0. The molecule has 0 radical (unpaired) electrons. The lowest BCUT2D eigenvalue weighted by Gasteiger charge is -2.37. The molecule has 1 rings (SSSR count). The molecule has 4 heteroatoms. The van der Waals surface area contributed by atoms with Crippen LogP contribution in [0.2, 0.25) is 0 Å². The van der Waals surface area contributed by atoms with Crippen molar-refractivity contribution >= 4 is 11.8 Å². The summed E-state index contributed by atoms with van der Waals surface area (Å²) in [5, 5.41) is 0. The Morgan fingerprint density at radius 3 is 2.75 bits per heavy atom. The minimum atomic E-state index is -1.07. The third kappa shape index (κ3) is 2.12. The summed E-state index contributed by atoms with van der Waals surface area (Å²) in [6.07, 6.45) is 1.07. The van der Waals surface area contributed by atoms with Gasteiger partial charge in [-0.25, -0.2) is 0 Å². The van der Waals surface area contributed by atoms with Crippen molar-refractivity contribution in [1.29, 1.82) is 0 Å². The largest absolute Gasteiger partial charge is 0.465 e. The number of ether oxygens (including phenoxy) is 2. The molecule has 1 fully saturated rings. The summed E-state index contributed by atoms with van der Waals surface area (Å²) < 4.78 is 10.4. The Morgan fingerprint density at radius 1 is 1.56 bits per heavy atom. The minimum Gasteiger partial charge on any atom is -0.465 e. The predicted octanol–water partition coefficient (Wildman–Crippen LogP) is 1.57. The minimum absolute atomic E-state index is 0.0356. The van der Waals surface area contributed by atoms with Crippen LogP contribution in [0, 0.1) is 11.3 Å². The molecule has 0 N–H and O–H groups in total. The van der Waals surface area contributed by atoms with Crippen LogP contribution in [0.15, 0.2) is 0 Å². The molecule has 0 bridgehead atoms. The molecule has 1 saturated heterocycles. The highest BCUT2D eigenvalue weighted by atomic mass is 16.5. The number of hydrogen-bond donors (Lipinski definition) is 0. The van der Waals surface area contributed by atoms with Crippen LogP contribution in [0.5, 0.6) is 0 Å². The van der Waals surface area contributed by atoms with E-state index in [1.165, 1.54) is 0 Å². The zero-order valence-electron chi connectivity index (χ0n) is 10.2. The first-order valence-corrected chi connectivity index (χ1v) is 5.87. The lowest BCUT2D eigenvalue weighted by atomic mass is 9.70. The molecule has 0 amide bonds. The highest BCUT2D eigenvalue weighted by Crippen LogP contribution is 2.36. The topological polar surface area (TPSA) is 52.6 Å². The number of Topliss-reactive ketones (excluding diaryl/α,β-unsaturated/α-hetero) is 1. The van der Waals surface area contributed by atoms with Crippen molar-refractivity contribution in [3.8, 4) is 0 Å². The van der Waals surface area contributed by atoms with E-state index < -0.39 is 11.4 Å². The van der Waals surface area contributed by atoms with E-state index in [-0.39, 0.29) is 18.3 Å². The molecule has 0 spiro atoms. The van der Waals surface area contributed by atoms with Crippen LogP contribution in [0.3, 0.4) is 0 Å². The van der Waals surface area contributed by atoms with Crippen molar-refractivity contribution in [2.24, 2.45) is 11.3 Å². The number of carbonyl (C=O) groups excluding carboxylic acids is 2. The van der Waals surface area contributed by atoms with Crippen molar-refractivity contribution in [3.05, 3.63) is 0 Å². The van der Waals surface area contributed by atoms with Crippen molar-refractivity contribution in [2.45, 2.75) is 33.6 Å². The van der Waals surface area contributed by atoms with Crippen molar-refractivity contribution in [3.63, 3.8) is 0 Å². The van der Waals surface area contributed by atoms with Gasteiger partial charge in [0.05, 0.1) is 19.8 Å². The Kier molecular flexibility index (Phi) is 4.47. The van der Waals surface area contributed by atoms with Gasteiger partial charge in [-0.1, -0.05) is 20.3 Å². The Hall–Kier alpha value is -0.900. The van der Waals surface area contributed by atoms with Crippen LogP contribution < -0.4 is 0 Å². The van der Waals surface area contributed by atoms with Crippen LogP contribution in [-0.4, -0.2) is 31.6 Å². The fourth-order valence-corrected chi connectivity index (χ4v) is 2.10. The van der Waals surface area contributed by atoms with E-state index in [0.29, 0.717) is 19.6 Å². The molecule has 1 aliphatic rings. The maximum atomic E-state index is 12.1. The molecular weight excluding hydrogens is 208 g/mol. The Morgan fingerprint density at radius 2 is 2.25 bits per heavy atom. The lowest BCUT2D eigenvalue weighted by Crippen LogP contribution is -2.52. The normalized spacial score (nSPS) is 27.6. The van der Waals surface area contributed by atoms with Gasteiger partial charge in [0.25, 0.3) is 0 Å². The first-order valence-electron chi connectivity index (χ1n) is 5.87. The Bertz CT molecular complexity index is 274. The van der Waals surface area contributed by atoms with Crippen molar-refractivity contribution in [1.82, 2.24) is 0 Å². The van der Waals surface area contributed by atoms with E-state index in [0.717, 1.165) is 6.42 Å². The van der Waals surface area contributed by atoms with Crippen LogP contribution in [-0.2, 0) is 19.1 Å². The van der Waals surface area contributed by atoms with Gasteiger partial charge in [0.15, 0.2) is 11.2 Å². The fourth-order valence-electron chi connectivity index (χ4n) is 2.10. The zero-order valence-corrected chi connectivity index (χ0v) is 10.2. The summed E-state index contributed by atoms with van der Waals surface area (Å²) in [5.41, 5.74) is -1.07. The van der Waals surface area contributed by atoms with E-state index in [9.17, 15) is 9.59 Å². The van der Waals surface area contributed by atoms with Gasteiger partial charge in [-0.2, -0.15) is 0 Å². The molecule has 4 nitrogen and oxygen atoms in total. The zero-order chi connectivity index (χ0) is 12.2. The summed E-state index contributed by atoms with van der Waals surface area (Å²) in [6.45, 7) is 6.49. The molecule has 16 heavy (non-hydrogen) atoms. The third-order valence-corrected chi connectivity index (χ3v) is 3.39. The van der Waals surface area contributed by atoms with Gasteiger partial charge in [-0.05, 0) is 12.8 Å². The van der Waals surface area contributed by atoms with Gasteiger partial charge in [0.2, 0.25) is 0 Å². The van der Waals surface area contributed by atoms with Crippen LogP contribution in [0.25, 0.3) is 0 Å². The van der Waals surface area contributed by atoms with Gasteiger partial charge < -0.3 is 9.47 Å². The van der Waals surface area contributed by atoms with Crippen molar-refractivity contribution in [2.75, 3.05) is 19.8 Å². The number of ketones is 1. The maximum Gasteiger partial charge on any atom is 0.322 e. The standard InChI is InChI=1S/C12H20O4/c1-4-9(3)12(11(14)16-5-2)8-15-7-6-10(12)13/h9H,4-8H2,1-3H3. The molecule has 0 aromatic heterocycles. The molecule has 1 aliphatic heterocycles. The molecule has 2 atom stereocenters. The van der Waals surface area contributed by atoms with Gasteiger partial charge in [-0.15, -0.1) is 0 Å². The van der Waals surface area contributed by atoms with Crippen LogP contribution in [0.1, 0.15) is 33.6 Å². The second kappa shape index (κ2) is 5.43. The highest BCUT2D eigenvalue weighted by molar-refractivity contribution is 6.04. The number of esters is 1. The van der Waals surface area contributed by atoms with Crippen LogP contribution in [0.4, 0.5) is 0 Å². The van der Waals surface area contributed by atoms with Crippen molar-refractivity contribution < 1.29 is 19.1 Å². The van der Waals surface area contributed by atoms with Gasteiger partial charge in [-0.3, -0.25) is 9.59 Å². The second-order valence-electron chi connectivity index (χ2n) is 4.23. The fraction of sp³-hybridized carbons (Fsp3) is 0.833. The monoisotopic (exact) mass is 228 g/mol. The Labute approximate surface area is 96.3 Å². The highest BCUT2D eigenvalue weighted by Gasteiger charge is 2.52. The molecule has 0 aromatic carbocycles. The average molecular weight is 228 g/mol. The molecular formula is C12H20O4. The first-order chi connectivity index (χ1) is 7.59. The lowest BCUT2D eigenvalue weighted by molar-refractivity contribution is -0.174. The Balaban J connectivity index is 2.99. The molecule has 0 saturated carbocycles. The van der Waals surface area contributed by atoms with Gasteiger partial charge in [0, 0.05) is 6.42 Å². The quantitative estimate of drug-likeness (QED) is 0.541. The van der Waals surface area contributed by atoms with Gasteiger partial charge in [0.1, 0.15) is 0 Å². The summed E-state index contributed by atoms with van der Waals surface area (Å²) in [4.78, 5) is 24.1. The maximum absolute atomic E-state index is 12.1. The van der Waals surface area contributed by atoms with E-state index in [2.05, 4.69) is 0 Å². The van der Waals surface area contributed by atoms with E-state index in [1.807, 2.05) is 13.8 Å². The third-order valence-electron chi connectivity index (χ3n) is 3.39. The van der Waals surface area contributed by atoms with E-state index in [1.54, 1.807) is 6.92 Å².